The number of thiophene rings is 2. The highest BCUT2D eigenvalue weighted by atomic mass is 32.2. The summed E-state index contributed by atoms with van der Waals surface area (Å²) in [6.07, 6.45) is 2.94. The van der Waals surface area contributed by atoms with Gasteiger partial charge in [0.15, 0.2) is 0 Å². The van der Waals surface area contributed by atoms with Crippen molar-refractivity contribution in [2.45, 2.75) is 17.9 Å². The molecular weight excluding hydrogens is 378 g/mol. The fourth-order valence-corrected chi connectivity index (χ4v) is 5.52. The molecule has 0 fully saturated rings. The summed E-state index contributed by atoms with van der Waals surface area (Å²) in [4.78, 5) is 13.6. The summed E-state index contributed by atoms with van der Waals surface area (Å²) in [5.41, 5.74) is 1.16. The number of hydrogen-bond donors (Lipinski definition) is 3. The van der Waals surface area contributed by atoms with Crippen molar-refractivity contribution in [2.24, 2.45) is 0 Å². The van der Waals surface area contributed by atoms with Crippen LogP contribution in [0.3, 0.4) is 0 Å². The van der Waals surface area contributed by atoms with E-state index in [0.29, 0.717) is 6.54 Å². The van der Waals surface area contributed by atoms with Gasteiger partial charge in [-0.05, 0) is 35.9 Å². The normalized spacial score (nSPS) is 15.0. The number of carbonyl (C=O) groups is 1. The van der Waals surface area contributed by atoms with E-state index in [-0.39, 0.29) is 22.2 Å². The van der Waals surface area contributed by atoms with E-state index in [4.69, 9.17) is 0 Å². The lowest BCUT2D eigenvalue weighted by molar-refractivity contribution is 0.0957. The quantitative estimate of drug-likeness (QED) is 0.623. The first kappa shape index (κ1) is 18.3. The molecule has 3 N–H and O–H groups in total. The first-order valence-corrected chi connectivity index (χ1v) is 11.1. The Labute approximate surface area is 155 Å². The third-order valence-corrected chi connectivity index (χ3v) is 7.14. The van der Waals surface area contributed by atoms with Crippen LogP contribution in [0.25, 0.3) is 0 Å². The van der Waals surface area contributed by atoms with Crippen molar-refractivity contribution >= 4 is 38.6 Å². The summed E-state index contributed by atoms with van der Waals surface area (Å²) >= 11 is 2.61. The maximum Gasteiger partial charge on any atom is 0.263 e. The van der Waals surface area contributed by atoms with Crippen molar-refractivity contribution in [3.8, 4) is 0 Å². The Balaban J connectivity index is 1.66. The molecule has 0 atom stereocenters. The van der Waals surface area contributed by atoms with E-state index in [2.05, 4.69) is 21.4 Å². The van der Waals surface area contributed by atoms with Crippen LogP contribution < -0.4 is 15.4 Å². The van der Waals surface area contributed by atoms with E-state index in [1.54, 1.807) is 5.38 Å². The lowest BCUT2D eigenvalue weighted by atomic mass is 10.1. The second kappa shape index (κ2) is 8.24. The minimum absolute atomic E-state index is 0.0332. The van der Waals surface area contributed by atoms with Crippen molar-refractivity contribution in [1.82, 2.24) is 15.4 Å². The van der Waals surface area contributed by atoms with E-state index in [0.717, 1.165) is 41.3 Å². The van der Waals surface area contributed by atoms with E-state index in [9.17, 15) is 13.2 Å². The fourth-order valence-electron chi connectivity index (χ4n) is 2.44. The highest BCUT2D eigenvalue weighted by Gasteiger charge is 2.24. The first-order chi connectivity index (χ1) is 12.1. The largest absolute Gasteiger partial charge is 0.348 e. The molecule has 2 aromatic heterocycles. The molecule has 25 heavy (non-hydrogen) atoms. The molecular formula is C16H19N3O3S3. The SMILES string of the molecule is O=C(NCC1=CCNCC1)c1sccc1S(=O)(=O)NCc1cccs1. The van der Waals surface area contributed by atoms with Crippen LogP contribution in [0.1, 0.15) is 21.0 Å². The van der Waals surface area contributed by atoms with Gasteiger partial charge in [0, 0.05) is 24.5 Å². The highest BCUT2D eigenvalue weighted by Crippen LogP contribution is 2.22. The lowest BCUT2D eigenvalue weighted by Crippen LogP contribution is -2.31. The highest BCUT2D eigenvalue weighted by molar-refractivity contribution is 7.89. The molecule has 2 aromatic rings. The number of hydrogen-bond acceptors (Lipinski definition) is 6. The van der Waals surface area contributed by atoms with Crippen molar-refractivity contribution in [3.63, 3.8) is 0 Å². The van der Waals surface area contributed by atoms with Gasteiger partial charge in [0.1, 0.15) is 9.77 Å². The van der Waals surface area contributed by atoms with Gasteiger partial charge in [0.05, 0.1) is 0 Å². The lowest BCUT2D eigenvalue weighted by Gasteiger charge is -2.14. The van der Waals surface area contributed by atoms with E-state index in [1.165, 1.54) is 17.4 Å². The summed E-state index contributed by atoms with van der Waals surface area (Å²) in [5.74, 6) is -0.356. The summed E-state index contributed by atoms with van der Waals surface area (Å²) < 4.78 is 27.6. The predicted octanol–water partition coefficient (Wildman–Crippen LogP) is 1.94. The Morgan fingerprint density at radius 1 is 1.20 bits per heavy atom. The standard InChI is InChI=1S/C16H19N3O3S3/c20-16(18-10-12-3-6-17-7-4-12)15-14(5-9-24-15)25(21,22)19-11-13-2-1-8-23-13/h1-3,5,8-9,17,19H,4,6-7,10-11H2,(H,18,20). The molecule has 0 aromatic carbocycles. The van der Waals surface area contributed by atoms with Gasteiger partial charge in [-0.1, -0.05) is 17.7 Å². The second-order valence-electron chi connectivity index (χ2n) is 5.52. The molecule has 0 spiro atoms. The van der Waals surface area contributed by atoms with E-state index in [1.807, 2.05) is 17.5 Å². The molecule has 9 heteroatoms. The second-order valence-corrected chi connectivity index (χ2v) is 9.20. The van der Waals surface area contributed by atoms with Gasteiger partial charge in [-0.2, -0.15) is 0 Å². The minimum Gasteiger partial charge on any atom is -0.348 e. The Morgan fingerprint density at radius 2 is 2.08 bits per heavy atom. The van der Waals surface area contributed by atoms with Gasteiger partial charge >= 0.3 is 0 Å². The maximum absolute atomic E-state index is 12.5. The van der Waals surface area contributed by atoms with Crippen LogP contribution in [0.4, 0.5) is 0 Å². The fraction of sp³-hybridized carbons (Fsp3) is 0.312. The molecule has 1 aliphatic rings. The minimum atomic E-state index is -3.73. The van der Waals surface area contributed by atoms with Crippen LogP contribution in [0.5, 0.6) is 0 Å². The number of rotatable bonds is 7. The average molecular weight is 398 g/mol. The summed E-state index contributed by atoms with van der Waals surface area (Å²) in [6, 6.07) is 5.20. The Kier molecular flexibility index (Phi) is 6.02. The van der Waals surface area contributed by atoms with Crippen LogP contribution in [-0.4, -0.2) is 34.0 Å². The Bertz CT molecular complexity index is 854. The zero-order valence-corrected chi connectivity index (χ0v) is 15.9. The van der Waals surface area contributed by atoms with Crippen LogP contribution in [0.2, 0.25) is 0 Å². The van der Waals surface area contributed by atoms with Crippen molar-refractivity contribution < 1.29 is 13.2 Å². The molecule has 6 nitrogen and oxygen atoms in total. The number of carbonyl (C=O) groups excluding carboxylic acids is 1. The Morgan fingerprint density at radius 3 is 2.80 bits per heavy atom. The zero-order valence-electron chi connectivity index (χ0n) is 13.4. The van der Waals surface area contributed by atoms with Crippen molar-refractivity contribution in [3.05, 3.63) is 50.4 Å². The van der Waals surface area contributed by atoms with Gasteiger partial charge < -0.3 is 10.6 Å². The molecule has 0 aliphatic carbocycles. The van der Waals surface area contributed by atoms with E-state index < -0.39 is 10.0 Å². The average Bonchev–Trinajstić information content (AvgIpc) is 3.30. The van der Waals surface area contributed by atoms with Gasteiger partial charge in [-0.3, -0.25) is 4.79 Å². The summed E-state index contributed by atoms with van der Waals surface area (Å²) in [7, 11) is -3.73. The molecule has 0 bridgehead atoms. The first-order valence-electron chi connectivity index (χ1n) is 7.82. The molecule has 3 heterocycles. The summed E-state index contributed by atoms with van der Waals surface area (Å²) in [6.45, 7) is 2.36. The van der Waals surface area contributed by atoms with Crippen LogP contribution in [0, 0.1) is 0 Å². The van der Waals surface area contributed by atoms with Gasteiger partial charge in [0.2, 0.25) is 10.0 Å². The molecule has 1 amide bonds. The van der Waals surface area contributed by atoms with Gasteiger partial charge in [-0.15, -0.1) is 22.7 Å². The number of amides is 1. The van der Waals surface area contributed by atoms with Gasteiger partial charge in [-0.25, -0.2) is 13.1 Å². The topological polar surface area (TPSA) is 87.3 Å². The van der Waals surface area contributed by atoms with Crippen LogP contribution in [0.15, 0.2) is 45.5 Å². The Hall–Kier alpha value is -1.52. The zero-order chi connectivity index (χ0) is 17.7. The monoisotopic (exact) mass is 397 g/mol. The van der Waals surface area contributed by atoms with Crippen LogP contribution >= 0.6 is 22.7 Å². The maximum atomic E-state index is 12.5. The third-order valence-electron chi connectivity index (χ3n) is 3.78. The third kappa shape index (κ3) is 4.77. The summed E-state index contributed by atoms with van der Waals surface area (Å²) in [5, 5.41) is 9.55. The molecule has 0 unspecified atom stereocenters. The van der Waals surface area contributed by atoms with Crippen LogP contribution in [-0.2, 0) is 16.6 Å². The molecule has 3 rings (SSSR count). The van der Waals surface area contributed by atoms with E-state index >= 15 is 0 Å². The van der Waals surface area contributed by atoms with Crippen molar-refractivity contribution in [1.29, 1.82) is 0 Å². The van der Waals surface area contributed by atoms with Gasteiger partial charge in [0.25, 0.3) is 5.91 Å². The molecule has 0 saturated carbocycles. The predicted molar refractivity (Wildman–Crippen MR) is 101 cm³/mol. The van der Waals surface area contributed by atoms with Crippen molar-refractivity contribution in [2.75, 3.05) is 19.6 Å². The molecule has 0 radical (unpaired) electrons. The molecule has 134 valence electrons. The number of nitrogens with one attached hydrogen (secondary N) is 3. The molecule has 0 saturated heterocycles. The molecule has 1 aliphatic heterocycles. The number of sulfonamides is 1. The smallest absolute Gasteiger partial charge is 0.263 e.